The average molecular weight is 374 g/mol. The third-order valence-electron chi connectivity index (χ3n) is 4.73. The first-order valence-corrected chi connectivity index (χ1v) is 9.37. The Balaban J connectivity index is 1.63. The molecule has 1 aliphatic carbocycles. The second-order valence-corrected chi connectivity index (χ2v) is 7.20. The molecule has 2 aromatic rings. The molecule has 7 nitrogen and oxygen atoms in total. The Labute approximate surface area is 158 Å². The van der Waals surface area contributed by atoms with Gasteiger partial charge in [-0.05, 0) is 58.6 Å². The van der Waals surface area contributed by atoms with Crippen molar-refractivity contribution in [3.63, 3.8) is 0 Å². The number of nitrogens with zero attached hydrogens (tertiary/aromatic N) is 2. The van der Waals surface area contributed by atoms with E-state index in [-0.39, 0.29) is 30.7 Å². The zero-order chi connectivity index (χ0) is 19.4. The van der Waals surface area contributed by atoms with Crippen LogP contribution in [0.5, 0.6) is 5.75 Å². The summed E-state index contributed by atoms with van der Waals surface area (Å²) in [6.45, 7) is 5.35. The molecule has 27 heavy (non-hydrogen) atoms. The summed E-state index contributed by atoms with van der Waals surface area (Å²) in [7, 11) is 0. The Morgan fingerprint density at radius 2 is 2.19 bits per heavy atom. The van der Waals surface area contributed by atoms with Crippen molar-refractivity contribution < 1.29 is 23.9 Å². The van der Waals surface area contributed by atoms with E-state index < -0.39 is 0 Å². The number of carbonyl (C=O) groups excluding carboxylic acids is 1. The highest BCUT2D eigenvalue weighted by molar-refractivity contribution is 5.72. The first kappa shape index (κ1) is 19.4. The van der Waals surface area contributed by atoms with Crippen LogP contribution in [0.4, 0.5) is 0 Å². The Morgan fingerprint density at radius 1 is 1.37 bits per heavy atom. The number of pyridine rings is 1. The van der Waals surface area contributed by atoms with Gasteiger partial charge in [0, 0.05) is 5.56 Å². The monoisotopic (exact) mass is 374 g/mol. The topological polar surface area (TPSA) is 94.7 Å². The first-order valence-electron chi connectivity index (χ1n) is 9.37. The fourth-order valence-electron chi connectivity index (χ4n) is 3.35. The number of aromatic nitrogens is 2. The molecule has 0 amide bonds. The molecule has 7 heteroatoms. The molecule has 0 unspecified atom stereocenters. The number of aliphatic hydroxyl groups is 1. The molecule has 1 aliphatic rings. The van der Waals surface area contributed by atoms with Gasteiger partial charge in [0.25, 0.3) is 0 Å². The van der Waals surface area contributed by atoms with Crippen LogP contribution < -0.4 is 4.74 Å². The van der Waals surface area contributed by atoms with Crippen LogP contribution in [0.15, 0.2) is 22.9 Å². The van der Waals surface area contributed by atoms with E-state index in [1.165, 1.54) is 0 Å². The Hall–Kier alpha value is -2.41. The lowest BCUT2D eigenvalue weighted by atomic mass is 9.87. The second kappa shape index (κ2) is 8.52. The van der Waals surface area contributed by atoms with Gasteiger partial charge in [0.2, 0.25) is 0 Å². The number of ether oxygens (including phenoxy) is 2. The zero-order valence-corrected chi connectivity index (χ0v) is 16.0. The van der Waals surface area contributed by atoms with Gasteiger partial charge in [0.1, 0.15) is 11.4 Å². The quantitative estimate of drug-likeness (QED) is 0.774. The van der Waals surface area contributed by atoms with Gasteiger partial charge in [-0.25, -0.2) is 4.98 Å². The smallest absolute Gasteiger partial charge is 0.309 e. The molecule has 2 heterocycles. The number of esters is 1. The molecule has 0 bridgehead atoms. The van der Waals surface area contributed by atoms with Crippen LogP contribution in [0.3, 0.4) is 0 Å². The van der Waals surface area contributed by atoms with Gasteiger partial charge in [-0.1, -0.05) is 5.16 Å². The van der Waals surface area contributed by atoms with Crippen LogP contribution in [-0.4, -0.2) is 33.4 Å². The third-order valence-corrected chi connectivity index (χ3v) is 4.73. The number of rotatable bonds is 6. The highest BCUT2D eigenvalue weighted by Gasteiger charge is 2.30. The summed E-state index contributed by atoms with van der Waals surface area (Å²) < 4.78 is 16.6. The molecular weight excluding hydrogens is 348 g/mol. The third kappa shape index (κ3) is 4.66. The van der Waals surface area contributed by atoms with E-state index in [2.05, 4.69) is 10.1 Å². The van der Waals surface area contributed by atoms with Crippen LogP contribution in [0.2, 0.25) is 0 Å². The van der Waals surface area contributed by atoms with Gasteiger partial charge in [0.05, 0.1) is 36.6 Å². The van der Waals surface area contributed by atoms with Gasteiger partial charge < -0.3 is 19.1 Å². The summed E-state index contributed by atoms with van der Waals surface area (Å²) in [5, 5.41) is 13.3. The fraction of sp³-hybridized carbons (Fsp3) is 0.550. The maximum absolute atomic E-state index is 12.1. The molecule has 0 aliphatic heterocycles. The zero-order valence-electron chi connectivity index (χ0n) is 16.0. The van der Waals surface area contributed by atoms with E-state index in [4.69, 9.17) is 14.0 Å². The summed E-state index contributed by atoms with van der Waals surface area (Å²) in [6, 6.07) is 3.60. The van der Waals surface area contributed by atoms with E-state index in [1.54, 1.807) is 19.2 Å². The molecule has 2 aromatic heterocycles. The Morgan fingerprint density at radius 3 is 2.85 bits per heavy atom. The molecule has 1 N–H and O–H groups in total. The number of carbonyl (C=O) groups is 1. The van der Waals surface area contributed by atoms with Gasteiger partial charge in [-0.3, -0.25) is 4.79 Å². The number of hydrogen-bond donors (Lipinski definition) is 1. The van der Waals surface area contributed by atoms with Crippen LogP contribution in [0.1, 0.15) is 50.8 Å². The molecule has 0 saturated heterocycles. The molecule has 0 radical (unpaired) electrons. The minimum Gasteiger partial charge on any atom is -0.489 e. The van der Waals surface area contributed by atoms with Gasteiger partial charge in [-0.2, -0.15) is 0 Å². The van der Waals surface area contributed by atoms with Crippen LogP contribution in [-0.2, 0) is 16.1 Å². The van der Waals surface area contributed by atoms with Gasteiger partial charge in [-0.15, -0.1) is 0 Å². The van der Waals surface area contributed by atoms with Crippen molar-refractivity contribution in [2.75, 3.05) is 0 Å². The van der Waals surface area contributed by atoms with Crippen molar-refractivity contribution in [3.8, 4) is 17.2 Å². The second-order valence-electron chi connectivity index (χ2n) is 7.20. The van der Waals surface area contributed by atoms with E-state index in [0.717, 1.165) is 19.3 Å². The highest BCUT2D eigenvalue weighted by atomic mass is 16.5. The summed E-state index contributed by atoms with van der Waals surface area (Å²) >= 11 is 0. The summed E-state index contributed by atoms with van der Waals surface area (Å²) in [5.74, 6) is 0.866. The molecular formula is C20H26N2O5. The molecule has 3 rings (SSSR count). The predicted octanol–water partition coefficient (Wildman–Crippen LogP) is 3.43. The minimum atomic E-state index is -0.152. The molecule has 2 atom stereocenters. The maximum Gasteiger partial charge on any atom is 0.309 e. The van der Waals surface area contributed by atoms with Crippen molar-refractivity contribution in [1.82, 2.24) is 10.1 Å². The van der Waals surface area contributed by atoms with Crippen molar-refractivity contribution in [2.24, 2.45) is 5.92 Å². The van der Waals surface area contributed by atoms with Crippen molar-refractivity contribution >= 4 is 5.97 Å². The summed E-state index contributed by atoms with van der Waals surface area (Å²) in [4.78, 5) is 16.5. The molecule has 146 valence electrons. The van der Waals surface area contributed by atoms with Crippen molar-refractivity contribution in [2.45, 2.75) is 65.3 Å². The largest absolute Gasteiger partial charge is 0.489 e. The van der Waals surface area contributed by atoms with E-state index >= 15 is 0 Å². The fourth-order valence-corrected chi connectivity index (χ4v) is 3.35. The maximum atomic E-state index is 12.1. The lowest BCUT2D eigenvalue weighted by Gasteiger charge is -2.28. The highest BCUT2D eigenvalue weighted by Crippen LogP contribution is 2.30. The molecule has 0 aromatic carbocycles. The standard InChI is InChI=1S/C20H26N2O5/c1-12(2)25-20(24)14-5-4-6-15(9-14)26-16-7-8-18(21-10-16)19-17(11-23)13(3)22-27-19/h7-8,10,12,14-15,23H,4-6,9,11H2,1-3H3/t14-,15-/m0/s1. The number of hydrogen-bond acceptors (Lipinski definition) is 7. The molecule has 1 fully saturated rings. The van der Waals surface area contributed by atoms with Crippen LogP contribution in [0, 0.1) is 12.8 Å². The number of aryl methyl sites for hydroxylation is 1. The lowest BCUT2D eigenvalue weighted by Crippen LogP contribution is -2.31. The van der Waals surface area contributed by atoms with Gasteiger partial charge >= 0.3 is 5.97 Å². The predicted molar refractivity (Wildman–Crippen MR) is 98.0 cm³/mol. The van der Waals surface area contributed by atoms with E-state index in [9.17, 15) is 9.90 Å². The van der Waals surface area contributed by atoms with Gasteiger partial charge in [0.15, 0.2) is 5.76 Å². The average Bonchev–Trinajstić information content (AvgIpc) is 3.02. The SMILES string of the molecule is Cc1noc(-c2ccc(O[C@H]3CCC[C@H](C(=O)OC(C)C)C3)cn2)c1CO. The molecule has 1 saturated carbocycles. The van der Waals surface area contributed by atoms with Crippen LogP contribution >= 0.6 is 0 Å². The van der Waals surface area contributed by atoms with Crippen molar-refractivity contribution in [1.29, 1.82) is 0 Å². The summed E-state index contributed by atoms with van der Waals surface area (Å²) in [5.41, 5.74) is 1.88. The van der Waals surface area contributed by atoms with E-state index in [0.29, 0.717) is 34.9 Å². The van der Waals surface area contributed by atoms with E-state index in [1.807, 2.05) is 19.9 Å². The Kier molecular flexibility index (Phi) is 6.11. The first-order chi connectivity index (χ1) is 13.0. The normalized spacial score (nSPS) is 19.9. The lowest BCUT2D eigenvalue weighted by molar-refractivity contribution is -0.154. The minimum absolute atomic E-state index is 0.0309. The van der Waals surface area contributed by atoms with Crippen LogP contribution in [0.25, 0.3) is 11.5 Å². The Bertz CT molecular complexity index is 769. The van der Waals surface area contributed by atoms with Crippen molar-refractivity contribution in [3.05, 3.63) is 29.6 Å². The number of aliphatic hydroxyl groups excluding tert-OH is 1. The summed E-state index contributed by atoms with van der Waals surface area (Å²) in [6.07, 6.45) is 4.84. The molecule has 0 spiro atoms.